The number of carbonyl (C=O) groups excluding carboxylic acids is 1. The molecule has 4 aliphatic rings. The van der Waals surface area contributed by atoms with Crippen LogP contribution in [0.3, 0.4) is 0 Å². The Morgan fingerprint density at radius 3 is 2.30 bits per heavy atom. The Bertz CT molecular complexity index is 388. The molecule has 1 heterocycles. The number of amides is 1. The van der Waals surface area contributed by atoms with E-state index in [2.05, 4.69) is 10.2 Å². The van der Waals surface area contributed by atoms with Crippen LogP contribution in [0.2, 0.25) is 0 Å². The molecule has 20 heavy (non-hydrogen) atoms. The lowest BCUT2D eigenvalue weighted by Gasteiger charge is -2.74. The van der Waals surface area contributed by atoms with Gasteiger partial charge in [0, 0.05) is 30.2 Å². The van der Waals surface area contributed by atoms with Crippen molar-refractivity contribution < 1.29 is 9.53 Å². The lowest BCUT2D eigenvalue weighted by Crippen LogP contribution is -2.84. The lowest BCUT2D eigenvalue weighted by atomic mass is 9.43. The predicted molar refractivity (Wildman–Crippen MR) is 77.5 cm³/mol. The van der Waals surface area contributed by atoms with Gasteiger partial charge in [0.05, 0.1) is 0 Å². The van der Waals surface area contributed by atoms with Crippen LogP contribution in [0.4, 0.5) is 4.79 Å². The predicted octanol–water partition coefficient (Wildman–Crippen LogP) is 1.61. The number of nitrogens with one attached hydrogen (secondary N) is 1. The molecule has 1 amide bonds. The third kappa shape index (κ3) is 2.42. The highest BCUT2D eigenvalue weighted by Gasteiger charge is 2.71. The zero-order chi connectivity index (χ0) is 14.6. The van der Waals surface area contributed by atoms with Gasteiger partial charge in [-0.1, -0.05) is 0 Å². The third-order valence-corrected chi connectivity index (χ3v) is 4.98. The molecule has 4 fully saturated rings. The SMILES string of the molecule is CC(C)(C)OC(=O)NC12CC(N3CCC(N)CC3)(C1)C2. The second-order valence-corrected chi connectivity index (χ2v) is 7.99. The highest BCUT2D eigenvalue weighted by atomic mass is 16.6. The summed E-state index contributed by atoms with van der Waals surface area (Å²) < 4.78 is 5.35. The van der Waals surface area contributed by atoms with Crippen LogP contribution < -0.4 is 11.1 Å². The highest BCUT2D eigenvalue weighted by Crippen LogP contribution is 2.63. The zero-order valence-electron chi connectivity index (χ0n) is 12.9. The first kappa shape index (κ1) is 14.1. The van der Waals surface area contributed by atoms with E-state index in [-0.39, 0.29) is 11.6 Å². The molecule has 2 bridgehead atoms. The van der Waals surface area contributed by atoms with Crippen LogP contribution in [0.5, 0.6) is 0 Å². The van der Waals surface area contributed by atoms with Crippen molar-refractivity contribution in [3.8, 4) is 0 Å². The molecule has 0 unspecified atom stereocenters. The van der Waals surface area contributed by atoms with E-state index in [4.69, 9.17) is 10.5 Å². The number of piperidine rings is 1. The summed E-state index contributed by atoms with van der Waals surface area (Å²) in [6.45, 7) is 7.92. The summed E-state index contributed by atoms with van der Waals surface area (Å²) in [7, 11) is 0. The molecule has 0 radical (unpaired) electrons. The first-order chi connectivity index (χ1) is 9.22. The maximum atomic E-state index is 11.9. The molecule has 3 saturated carbocycles. The molecule has 0 aromatic heterocycles. The van der Waals surface area contributed by atoms with Crippen molar-refractivity contribution in [2.75, 3.05) is 13.1 Å². The van der Waals surface area contributed by atoms with Gasteiger partial charge in [0.2, 0.25) is 0 Å². The quantitative estimate of drug-likeness (QED) is 0.807. The standard InChI is InChI=1S/C15H27N3O2/c1-13(2,3)20-12(19)17-14-8-15(9-14,10-14)18-6-4-11(16)5-7-18/h11H,4-10,16H2,1-3H3,(H,17,19). The molecule has 1 saturated heterocycles. The van der Waals surface area contributed by atoms with Gasteiger partial charge in [0.1, 0.15) is 5.60 Å². The van der Waals surface area contributed by atoms with E-state index >= 15 is 0 Å². The molecular weight excluding hydrogens is 254 g/mol. The summed E-state index contributed by atoms with van der Waals surface area (Å²) in [5, 5.41) is 3.08. The summed E-state index contributed by atoms with van der Waals surface area (Å²) in [6.07, 6.45) is 5.17. The Balaban J connectivity index is 1.47. The summed E-state index contributed by atoms with van der Waals surface area (Å²) >= 11 is 0. The number of alkyl carbamates (subject to hydrolysis) is 1. The highest BCUT2D eigenvalue weighted by molar-refractivity contribution is 5.70. The molecular formula is C15H27N3O2. The molecule has 0 aromatic carbocycles. The van der Waals surface area contributed by atoms with E-state index in [9.17, 15) is 4.79 Å². The van der Waals surface area contributed by atoms with Gasteiger partial charge in [-0.05, 0) is 52.9 Å². The molecule has 3 N–H and O–H groups in total. The average molecular weight is 281 g/mol. The van der Waals surface area contributed by atoms with Crippen LogP contribution in [-0.2, 0) is 4.74 Å². The number of carbonyl (C=O) groups is 1. The van der Waals surface area contributed by atoms with Crippen molar-refractivity contribution in [2.24, 2.45) is 5.73 Å². The summed E-state index contributed by atoms with van der Waals surface area (Å²) in [6, 6.07) is 0.382. The van der Waals surface area contributed by atoms with Crippen molar-refractivity contribution in [1.29, 1.82) is 0 Å². The number of hydrogen-bond acceptors (Lipinski definition) is 4. The molecule has 114 valence electrons. The normalized spacial score (nSPS) is 37.8. The van der Waals surface area contributed by atoms with Gasteiger partial charge in [0.25, 0.3) is 0 Å². The van der Waals surface area contributed by atoms with Crippen LogP contribution >= 0.6 is 0 Å². The molecule has 0 atom stereocenters. The minimum absolute atomic E-state index is 0.0158. The van der Waals surface area contributed by atoms with Gasteiger partial charge >= 0.3 is 6.09 Å². The Morgan fingerprint density at radius 1 is 1.25 bits per heavy atom. The van der Waals surface area contributed by atoms with E-state index < -0.39 is 5.60 Å². The van der Waals surface area contributed by atoms with Crippen LogP contribution in [0.25, 0.3) is 0 Å². The molecule has 1 aliphatic heterocycles. The first-order valence-corrected chi connectivity index (χ1v) is 7.74. The summed E-state index contributed by atoms with van der Waals surface area (Å²) in [4.78, 5) is 14.4. The Labute approximate surface area is 121 Å². The minimum Gasteiger partial charge on any atom is -0.444 e. The summed E-state index contributed by atoms with van der Waals surface area (Å²) in [5.41, 5.74) is 5.91. The molecule has 5 nitrogen and oxygen atoms in total. The van der Waals surface area contributed by atoms with E-state index in [0.717, 1.165) is 45.2 Å². The third-order valence-electron chi connectivity index (χ3n) is 4.98. The topological polar surface area (TPSA) is 67.6 Å². The van der Waals surface area contributed by atoms with Crippen molar-refractivity contribution in [2.45, 2.75) is 75.6 Å². The maximum absolute atomic E-state index is 11.9. The lowest BCUT2D eigenvalue weighted by molar-refractivity contribution is -0.181. The van der Waals surface area contributed by atoms with Gasteiger partial charge in [-0.25, -0.2) is 4.79 Å². The second-order valence-electron chi connectivity index (χ2n) is 7.99. The largest absolute Gasteiger partial charge is 0.444 e. The number of nitrogens with zero attached hydrogens (tertiary/aromatic N) is 1. The number of likely N-dealkylation sites (tertiary alicyclic amines) is 1. The fourth-order valence-electron chi connectivity index (χ4n) is 4.10. The fraction of sp³-hybridized carbons (Fsp3) is 0.933. The molecule has 4 rings (SSSR count). The number of nitrogens with two attached hydrogens (primary N) is 1. The minimum atomic E-state index is -0.422. The van der Waals surface area contributed by atoms with Crippen molar-refractivity contribution in [1.82, 2.24) is 10.2 Å². The van der Waals surface area contributed by atoms with Gasteiger partial charge in [-0.15, -0.1) is 0 Å². The van der Waals surface area contributed by atoms with E-state index in [0.29, 0.717) is 11.6 Å². The molecule has 0 aromatic rings. The number of rotatable bonds is 2. The average Bonchev–Trinajstić information content (AvgIpc) is 2.20. The van der Waals surface area contributed by atoms with Crippen molar-refractivity contribution >= 4 is 6.09 Å². The van der Waals surface area contributed by atoms with Crippen molar-refractivity contribution in [3.05, 3.63) is 0 Å². The van der Waals surface area contributed by atoms with Crippen molar-refractivity contribution in [3.63, 3.8) is 0 Å². The van der Waals surface area contributed by atoms with E-state index in [1.165, 1.54) is 0 Å². The molecule has 5 heteroatoms. The van der Waals surface area contributed by atoms with Gasteiger partial charge in [-0.2, -0.15) is 0 Å². The Morgan fingerprint density at radius 2 is 1.80 bits per heavy atom. The second kappa shape index (κ2) is 4.34. The smallest absolute Gasteiger partial charge is 0.408 e. The monoisotopic (exact) mass is 281 g/mol. The van der Waals surface area contributed by atoms with Crippen LogP contribution in [-0.4, -0.2) is 46.8 Å². The molecule has 3 aliphatic carbocycles. The van der Waals surface area contributed by atoms with Gasteiger partial charge in [0.15, 0.2) is 0 Å². The zero-order valence-corrected chi connectivity index (χ0v) is 12.9. The first-order valence-electron chi connectivity index (χ1n) is 7.74. The number of ether oxygens (including phenoxy) is 1. The van der Waals surface area contributed by atoms with Crippen LogP contribution in [0.1, 0.15) is 52.9 Å². The summed E-state index contributed by atoms with van der Waals surface area (Å²) in [5.74, 6) is 0. The van der Waals surface area contributed by atoms with E-state index in [1.807, 2.05) is 20.8 Å². The maximum Gasteiger partial charge on any atom is 0.408 e. The molecule has 0 spiro atoms. The van der Waals surface area contributed by atoms with Gasteiger partial charge < -0.3 is 15.8 Å². The van der Waals surface area contributed by atoms with Crippen LogP contribution in [0, 0.1) is 0 Å². The van der Waals surface area contributed by atoms with Crippen LogP contribution in [0.15, 0.2) is 0 Å². The van der Waals surface area contributed by atoms with E-state index in [1.54, 1.807) is 0 Å². The Kier molecular flexibility index (Phi) is 3.07. The van der Waals surface area contributed by atoms with Gasteiger partial charge in [-0.3, -0.25) is 4.90 Å². The number of hydrogen-bond donors (Lipinski definition) is 2. The Hall–Kier alpha value is -0.810. The fourth-order valence-corrected chi connectivity index (χ4v) is 4.10.